The summed E-state index contributed by atoms with van der Waals surface area (Å²) >= 11 is 7.23. The fourth-order valence-corrected chi connectivity index (χ4v) is 6.79. The van der Waals surface area contributed by atoms with E-state index in [0.29, 0.717) is 40.5 Å². The molecule has 3 rings (SSSR count). The average Bonchev–Trinajstić information content (AvgIpc) is 3.48. The predicted octanol–water partition coefficient (Wildman–Crippen LogP) is 9.30. The monoisotopic (exact) mass is 827 g/mol. The molecule has 11 heteroatoms. The van der Waals surface area contributed by atoms with Crippen molar-refractivity contribution in [3.8, 4) is 5.75 Å². The molecule has 0 aliphatic carbocycles. The molecular weight excluding hydrogens is 770 g/mol. The number of imide groups is 1. The molecule has 1 heterocycles. The summed E-state index contributed by atoms with van der Waals surface area (Å²) in [5.41, 5.74) is -0.218. The van der Waals surface area contributed by atoms with Gasteiger partial charge in [0, 0.05) is 54.4 Å². The topological polar surface area (TPSA) is 122 Å². The molecule has 0 bridgehead atoms. The number of thioether (sulfide) groups is 1. The Kier molecular flexibility index (Phi) is 22.0. The van der Waals surface area contributed by atoms with Gasteiger partial charge in [0.2, 0.25) is 17.7 Å². The highest BCUT2D eigenvalue weighted by Gasteiger charge is 2.38. The molecule has 1 aliphatic rings. The number of benzene rings is 2. The van der Waals surface area contributed by atoms with Crippen LogP contribution in [-0.4, -0.2) is 70.5 Å². The molecule has 1 saturated heterocycles. The second-order valence-electron chi connectivity index (χ2n) is 14.0. The molecular formula is C47H58ClN3O6S. The first kappa shape index (κ1) is 47.4. The molecule has 1 aliphatic heterocycles. The number of likely N-dealkylation sites (tertiary alicyclic amines) is 1. The first-order valence-corrected chi connectivity index (χ1v) is 21.4. The molecule has 2 aromatic carbocycles. The van der Waals surface area contributed by atoms with Crippen molar-refractivity contribution in [2.75, 3.05) is 25.4 Å². The van der Waals surface area contributed by atoms with Crippen LogP contribution in [0.5, 0.6) is 5.75 Å². The number of rotatable bonds is 26. The van der Waals surface area contributed by atoms with Crippen molar-refractivity contribution in [3.05, 3.63) is 138 Å². The van der Waals surface area contributed by atoms with E-state index in [1.807, 2.05) is 12.2 Å². The van der Waals surface area contributed by atoms with Crippen molar-refractivity contribution in [1.29, 1.82) is 0 Å². The van der Waals surface area contributed by atoms with Gasteiger partial charge < -0.3 is 15.4 Å². The van der Waals surface area contributed by atoms with Crippen LogP contribution in [0.3, 0.4) is 0 Å². The van der Waals surface area contributed by atoms with E-state index in [1.54, 1.807) is 62.4 Å². The summed E-state index contributed by atoms with van der Waals surface area (Å²) in [7, 11) is 0. The minimum atomic E-state index is -1.21. The molecule has 2 aromatic rings. The maximum absolute atomic E-state index is 12.9. The van der Waals surface area contributed by atoms with E-state index in [1.165, 1.54) is 16.7 Å². The Balaban J connectivity index is 1.23. The lowest BCUT2D eigenvalue weighted by Crippen LogP contribution is -2.47. The molecule has 0 radical (unpaired) electrons. The van der Waals surface area contributed by atoms with Gasteiger partial charge in [0.1, 0.15) is 5.75 Å². The zero-order chi connectivity index (χ0) is 42.0. The van der Waals surface area contributed by atoms with Gasteiger partial charge in [-0.25, -0.2) is 0 Å². The number of carbonyl (C=O) groups is 5. The Morgan fingerprint density at radius 3 is 1.83 bits per heavy atom. The van der Waals surface area contributed by atoms with Crippen molar-refractivity contribution in [1.82, 2.24) is 15.5 Å². The molecule has 9 nitrogen and oxygen atoms in total. The normalized spacial score (nSPS) is 15.0. The van der Waals surface area contributed by atoms with E-state index < -0.39 is 10.9 Å². The van der Waals surface area contributed by atoms with Crippen LogP contribution in [0.1, 0.15) is 94.5 Å². The van der Waals surface area contributed by atoms with Crippen LogP contribution >= 0.6 is 23.4 Å². The lowest BCUT2D eigenvalue weighted by molar-refractivity contribution is -0.138. The Morgan fingerprint density at radius 2 is 1.28 bits per heavy atom. The standard InChI is InChI=1S/C47H58ClN3O6S/c1-4-5-6-7-8-9-10-11-12-13-14-15-16-17-18-19-20-21-22-23-42(52)49-32-34-51-43(53)36-41(45(51)55)58-35-33-50-46(56)47(2,3)57-40-30-26-38(27-31-40)44(54)37-24-28-39(48)29-25-37/h5-6,8-9,11-12,14-15,17-18,20-21,24-31,41H,4,7,10,13,16,19,22-23,32-36H2,1-3H3,(H,49,52)(H,50,56)/b6-5-,9-8-,12-11-,15-14-,18-17-,21-20-. The Morgan fingerprint density at radius 1 is 0.759 bits per heavy atom. The van der Waals surface area contributed by atoms with Gasteiger partial charge in [-0.1, -0.05) is 91.4 Å². The highest BCUT2D eigenvalue weighted by atomic mass is 35.5. The van der Waals surface area contributed by atoms with Crippen LogP contribution in [-0.2, 0) is 19.2 Å². The van der Waals surface area contributed by atoms with E-state index in [-0.39, 0.29) is 55.5 Å². The van der Waals surface area contributed by atoms with E-state index >= 15 is 0 Å². The van der Waals surface area contributed by atoms with Crippen LogP contribution in [0.4, 0.5) is 0 Å². The van der Waals surface area contributed by atoms with Gasteiger partial charge >= 0.3 is 0 Å². The van der Waals surface area contributed by atoms with E-state index in [4.69, 9.17) is 16.3 Å². The number of carbonyl (C=O) groups excluding carboxylic acids is 5. The quantitative estimate of drug-likeness (QED) is 0.0420. The Hall–Kier alpha value is -4.93. The second-order valence-corrected chi connectivity index (χ2v) is 15.7. The summed E-state index contributed by atoms with van der Waals surface area (Å²) in [5, 5.41) is 5.65. The summed E-state index contributed by atoms with van der Waals surface area (Å²) in [4.78, 5) is 64.6. The number of ether oxygens (including phenoxy) is 1. The van der Waals surface area contributed by atoms with Crippen LogP contribution in [0.15, 0.2) is 121 Å². The van der Waals surface area contributed by atoms with Crippen LogP contribution in [0, 0.1) is 0 Å². The second kappa shape index (κ2) is 26.9. The molecule has 310 valence electrons. The molecule has 2 N–H and O–H groups in total. The van der Waals surface area contributed by atoms with Gasteiger partial charge in [-0.3, -0.25) is 28.9 Å². The first-order valence-electron chi connectivity index (χ1n) is 20.0. The number of nitrogens with one attached hydrogen (secondary N) is 2. The van der Waals surface area contributed by atoms with Gasteiger partial charge in [-0.2, -0.15) is 0 Å². The van der Waals surface area contributed by atoms with Crippen LogP contribution in [0.25, 0.3) is 0 Å². The van der Waals surface area contributed by atoms with Gasteiger partial charge in [-0.15, -0.1) is 11.8 Å². The smallest absolute Gasteiger partial charge is 0.263 e. The van der Waals surface area contributed by atoms with Crippen molar-refractivity contribution in [2.24, 2.45) is 0 Å². The largest absolute Gasteiger partial charge is 0.478 e. The fourth-order valence-electron chi connectivity index (χ4n) is 5.63. The first-order chi connectivity index (χ1) is 28.0. The zero-order valence-corrected chi connectivity index (χ0v) is 35.6. The zero-order valence-electron chi connectivity index (χ0n) is 34.0. The average molecular weight is 829 g/mol. The molecule has 58 heavy (non-hydrogen) atoms. The molecule has 1 fully saturated rings. The predicted molar refractivity (Wildman–Crippen MR) is 237 cm³/mol. The summed E-state index contributed by atoms with van der Waals surface area (Å²) in [6.07, 6.45) is 32.4. The van der Waals surface area contributed by atoms with Gasteiger partial charge in [0.15, 0.2) is 11.4 Å². The Labute approximate surface area is 353 Å². The van der Waals surface area contributed by atoms with Gasteiger partial charge in [0.05, 0.1) is 5.25 Å². The molecule has 1 unspecified atom stereocenters. The summed E-state index contributed by atoms with van der Waals surface area (Å²) in [6, 6.07) is 13.2. The molecule has 4 amide bonds. The number of hydrogen-bond acceptors (Lipinski definition) is 7. The molecule has 0 saturated carbocycles. The lowest BCUT2D eigenvalue weighted by Gasteiger charge is -2.25. The third-order valence-electron chi connectivity index (χ3n) is 8.84. The minimum absolute atomic E-state index is 0.0825. The number of allylic oxidation sites excluding steroid dienone is 12. The number of hydrogen-bond donors (Lipinski definition) is 2. The fraction of sp³-hybridized carbons (Fsp3) is 0.383. The van der Waals surface area contributed by atoms with Crippen molar-refractivity contribution >= 4 is 52.8 Å². The summed E-state index contributed by atoms with van der Waals surface area (Å²) < 4.78 is 5.93. The third kappa shape index (κ3) is 18.1. The SMILES string of the molecule is CC/C=C\C/C=C\C/C=C\C/C=C\C/C=C\C/C=C\CCC(=O)NCCN1C(=O)CC(SCCNC(=O)C(C)(C)Oc2ccc(C(=O)c3ccc(Cl)cc3)cc2)C1=O. The highest BCUT2D eigenvalue weighted by Crippen LogP contribution is 2.25. The molecule has 1 atom stereocenters. The minimum Gasteiger partial charge on any atom is -0.478 e. The maximum Gasteiger partial charge on any atom is 0.263 e. The van der Waals surface area contributed by atoms with Gasteiger partial charge in [0.25, 0.3) is 5.91 Å². The number of ketones is 1. The van der Waals surface area contributed by atoms with Crippen molar-refractivity contribution in [2.45, 2.75) is 89.4 Å². The lowest BCUT2D eigenvalue weighted by atomic mass is 10.0. The number of amides is 4. The molecule has 0 aromatic heterocycles. The highest BCUT2D eigenvalue weighted by molar-refractivity contribution is 8.00. The number of halogens is 1. The number of nitrogens with zero attached hydrogens (tertiary/aromatic N) is 1. The maximum atomic E-state index is 12.9. The van der Waals surface area contributed by atoms with Crippen LogP contribution < -0.4 is 15.4 Å². The van der Waals surface area contributed by atoms with E-state index in [0.717, 1.165) is 38.5 Å². The van der Waals surface area contributed by atoms with Crippen LogP contribution in [0.2, 0.25) is 5.02 Å². The summed E-state index contributed by atoms with van der Waals surface area (Å²) in [6.45, 7) is 6.02. The van der Waals surface area contributed by atoms with E-state index in [2.05, 4.69) is 78.3 Å². The molecule has 0 spiro atoms. The third-order valence-corrected chi connectivity index (χ3v) is 10.3. The Bertz CT molecular complexity index is 1810. The summed E-state index contributed by atoms with van der Waals surface area (Å²) in [5.74, 6) is -0.331. The van der Waals surface area contributed by atoms with Crippen molar-refractivity contribution < 1.29 is 28.7 Å². The van der Waals surface area contributed by atoms with Gasteiger partial charge in [-0.05, 0) is 107 Å². The van der Waals surface area contributed by atoms with E-state index in [9.17, 15) is 24.0 Å². The van der Waals surface area contributed by atoms with Crippen molar-refractivity contribution in [3.63, 3.8) is 0 Å².